The van der Waals surface area contributed by atoms with Crippen molar-refractivity contribution in [1.29, 1.82) is 0 Å². The van der Waals surface area contributed by atoms with Crippen LogP contribution in [0.5, 0.6) is 0 Å². The molecule has 0 radical (unpaired) electrons. The number of halogens is 1. The topological polar surface area (TPSA) is 55.5 Å². The molecule has 26 heavy (non-hydrogen) atoms. The van der Waals surface area contributed by atoms with Gasteiger partial charge in [-0.15, -0.1) is 24.0 Å². The number of nitrogens with zero attached hydrogens (tertiary/aromatic N) is 2. The predicted octanol–water partition coefficient (Wildman–Crippen LogP) is 3.22. The van der Waals surface area contributed by atoms with E-state index in [1.807, 2.05) is 7.05 Å². The van der Waals surface area contributed by atoms with E-state index in [0.29, 0.717) is 18.0 Å². The van der Waals surface area contributed by atoms with Gasteiger partial charge in [0.15, 0.2) is 5.96 Å². The minimum atomic E-state index is 0. The van der Waals surface area contributed by atoms with Crippen LogP contribution in [0.4, 0.5) is 0 Å². The first-order valence-electron chi connectivity index (χ1n) is 9.34. The lowest BCUT2D eigenvalue weighted by Gasteiger charge is -2.21. The lowest BCUT2D eigenvalue weighted by atomic mass is 10.1. The summed E-state index contributed by atoms with van der Waals surface area (Å²) in [5.74, 6) is 1.54. The second kappa shape index (κ2) is 9.60. The Hall–Kier alpha value is -1.28. The SMILES string of the molecule is CN=C(NCCc1cc2ccccc2[nH]1)NC1CN(C(C)C)CC1C.I. The number of aromatic amines is 1. The second-order valence-corrected chi connectivity index (χ2v) is 7.41. The van der Waals surface area contributed by atoms with Gasteiger partial charge in [-0.3, -0.25) is 9.89 Å². The maximum absolute atomic E-state index is 4.40. The highest BCUT2D eigenvalue weighted by molar-refractivity contribution is 14.0. The molecular weight excluding hydrogens is 437 g/mol. The van der Waals surface area contributed by atoms with Gasteiger partial charge in [0.25, 0.3) is 0 Å². The van der Waals surface area contributed by atoms with Crippen molar-refractivity contribution in [3.63, 3.8) is 0 Å². The molecule has 2 aromatic rings. The number of guanidine groups is 1. The molecule has 2 unspecified atom stereocenters. The number of hydrogen-bond acceptors (Lipinski definition) is 2. The number of hydrogen-bond donors (Lipinski definition) is 3. The summed E-state index contributed by atoms with van der Waals surface area (Å²) in [6.45, 7) is 9.95. The van der Waals surface area contributed by atoms with E-state index in [2.05, 4.69) is 76.6 Å². The van der Waals surface area contributed by atoms with Crippen LogP contribution < -0.4 is 10.6 Å². The summed E-state index contributed by atoms with van der Waals surface area (Å²) in [6.07, 6.45) is 0.952. The van der Waals surface area contributed by atoms with Crippen LogP contribution in [0.2, 0.25) is 0 Å². The molecule has 0 amide bonds. The summed E-state index contributed by atoms with van der Waals surface area (Å²) in [5.41, 5.74) is 2.46. The van der Waals surface area contributed by atoms with Gasteiger partial charge in [0.1, 0.15) is 0 Å². The van der Waals surface area contributed by atoms with Crippen LogP contribution in [-0.2, 0) is 6.42 Å². The highest BCUT2D eigenvalue weighted by atomic mass is 127. The predicted molar refractivity (Wildman–Crippen MR) is 122 cm³/mol. The monoisotopic (exact) mass is 469 g/mol. The molecule has 6 heteroatoms. The largest absolute Gasteiger partial charge is 0.358 e. The minimum Gasteiger partial charge on any atom is -0.358 e. The van der Waals surface area contributed by atoms with E-state index < -0.39 is 0 Å². The fourth-order valence-electron chi connectivity index (χ4n) is 3.57. The molecule has 1 fully saturated rings. The molecule has 1 aromatic heterocycles. The van der Waals surface area contributed by atoms with E-state index in [4.69, 9.17) is 0 Å². The molecule has 0 aliphatic carbocycles. The van der Waals surface area contributed by atoms with Gasteiger partial charge in [0.05, 0.1) is 0 Å². The number of H-pyrrole nitrogens is 1. The number of aromatic nitrogens is 1. The molecule has 2 atom stereocenters. The summed E-state index contributed by atoms with van der Waals surface area (Å²) in [5, 5.41) is 8.33. The van der Waals surface area contributed by atoms with Crippen LogP contribution in [0.1, 0.15) is 26.5 Å². The highest BCUT2D eigenvalue weighted by Crippen LogP contribution is 2.18. The number of benzene rings is 1. The van der Waals surface area contributed by atoms with Gasteiger partial charge in [-0.1, -0.05) is 25.1 Å². The van der Waals surface area contributed by atoms with Gasteiger partial charge in [-0.25, -0.2) is 0 Å². The zero-order valence-corrected chi connectivity index (χ0v) is 18.6. The summed E-state index contributed by atoms with van der Waals surface area (Å²) >= 11 is 0. The van der Waals surface area contributed by atoms with Crippen molar-refractivity contribution in [2.45, 2.75) is 39.3 Å². The minimum absolute atomic E-state index is 0. The third-order valence-corrected chi connectivity index (χ3v) is 5.19. The van der Waals surface area contributed by atoms with Gasteiger partial charge in [-0.05, 0) is 37.3 Å². The molecule has 144 valence electrons. The van der Waals surface area contributed by atoms with Crippen molar-refractivity contribution in [2.24, 2.45) is 10.9 Å². The molecule has 1 aliphatic rings. The zero-order valence-electron chi connectivity index (χ0n) is 16.2. The standard InChI is InChI=1S/C20H31N5.HI/c1-14(2)25-12-15(3)19(13-25)24-20(21-4)22-10-9-17-11-16-7-5-6-8-18(16)23-17;/h5-8,11,14-15,19,23H,9-10,12-13H2,1-4H3,(H2,21,22,24);1H. The van der Waals surface area contributed by atoms with E-state index >= 15 is 0 Å². The lowest BCUT2D eigenvalue weighted by molar-refractivity contribution is 0.265. The van der Waals surface area contributed by atoms with Crippen LogP contribution in [-0.4, -0.2) is 54.6 Å². The Balaban J connectivity index is 0.00000243. The highest BCUT2D eigenvalue weighted by Gasteiger charge is 2.31. The van der Waals surface area contributed by atoms with Crippen molar-refractivity contribution in [3.8, 4) is 0 Å². The average molecular weight is 469 g/mol. The van der Waals surface area contributed by atoms with Crippen molar-refractivity contribution in [2.75, 3.05) is 26.7 Å². The van der Waals surface area contributed by atoms with Crippen LogP contribution in [0.25, 0.3) is 10.9 Å². The molecule has 2 heterocycles. The maximum atomic E-state index is 4.40. The summed E-state index contributed by atoms with van der Waals surface area (Å²) in [6, 6.07) is 11.7. The molecule has 3 rings (SSSR count). The molecule has 3 N–H and O–H groups in total. The van der Waals surface area contributed by atoms with Crippen LogP contribution in [0.15, 0.2) is 35.3 Å². The van der Waals surface area contributed by atoms with E-state index in [1.165, 1.54) is 16.6 Å². The summed E-state index contributed by atoms with van der Waals surface area (Å²) < 4.78 is 0. The number of fused-ring (bicyclic) bond motifs is 1. The van der Waals surface area contributed by atoms with Crippen LogP contribution >= 0.6 is 24.0 Å². The van der Waals surface area contributed by atoms with E-state index in [1.54, 1.807) is 0 Å². The fourth-order valence-corrected chi connectivity index (χ4v) is 3.57. The molecule has 1 saturated heterocycles. The quantitative estimate of drug-likeness (QED) is 0.358. The van der Waals surface area contributed by atoms with Gasteiger partial charge in [0.2, 0.25) is 0 Å². The first-order chi connectivity index (χ1) is 12.1. The van der Waals surface area contributed by atoms with Crippen LogP contribution in [0.3, 0.4) is 0 Å². The second-order valence-electron chi connectivity index (χ2n) is 7.41. The number of aliphatic imine (C=N–C) groups is 1. The molecular formula is C20H32IN5. The van der Waals surface area contributed by atoms with Gasteiger partial charge >= 0.3 is 0 Å². The number of para-hydroxylation sites is 1. The number of likely N-dealkylation sites (tertiary alicyclic amines) is 1. The van der Waals surface area contributed by atoms with Crippen molar-refractivity contribution < 1.29 is 0 Å². The van der Waals surface area contributed by atoms with Crippen LogP contribution in [0, 0.1) is 5.92 Å². The smallest absolute Gasteiger partial charge is 0.191 e. The van der Waals surface area contributed by atoms with Crippen molar-refractivity contribution in [1.82, 2.24) is 20.5 Å². The molecule has 0 bridgehead atoms. The van der Waals surface area contributed by atoms with E-state index in [0.717, 1.165) is 32.0 Å². The third kappa shape index (κ3) is 5.13. The molecule has 5 nitrogen and oxygen atoms in total. The molecule has 0 saturated carbocycles. The van der Waals surface area contributed by atoms with Gasteiger partial charge in [-0.2, -0.15) is 0 Å². The molecule has 1 aliphatic heterocycles. The van der Waals surface area contributed by atoms with Crippen molar-refractivity contribution >= 4 is 40.8 Å². The Kier molecular flexibility index (Phi) is 7.76. The third-order valence-electron chi connectivity index (χ3n) is 5.19. The van der Waals surface area contributed by atoms with Crippen molar-refractivity contribution in [3.05, 3.63) is 36.0 Å². The Morgan fingerprint density at radius 2 is 2.08 bits per heavy atom. The van der Waals surface area contributed by atoms with E-state index in [9.17, 15) is 0 Å². The summed E-state index contributed by atoms with van der Waals surface area (Å²) in [7, 11) is 1.85. The maximum Gasteiger partial charge on any atom is 0.191 e. The molecule has 0 spiro atoms. The van der Waals surface area contributed by atoms with Gasteiger partial charge < -0.3 is 15.6 Å². The number of nitrogens with one attached hydrogen (secondary N) is 3. The summed E-state index contributed by atoms with van der Waals surface area (Å²) in [4.78, 5) is 10.4. The first-order valence-corrected chi connectivity index (χ1v) is 9.34. The number of rotatable bonds is 5. The average Bonchev–Trinajstić information content (AvgIpc) is 3.17. The Labute approximate surface area is 174 Å². The van der Waals surface area contributed by atoms with Gasteiger partial charge in [0, 0.05) is 56.4 Å². The Morgan fingerprint density at radius 1 is 1.31 bits per heavy atom. The first kappa shape index (κ1) is 21.0. The lowest BCUT2D eigenvalue weighted by Crippen LogP contribution is -2.47. The normalized spacial score (nSPS) is 21.2. The zero-order chi connectivity index (χ0) is 17.8. The van der Waals surface area contributed by atoms with E-state index in [-0.39, 0.29) is 24.0 Å². The Bertz CT molecular complexity index is 691. The fraction of sp³-hybridized carbons (Fsp3) is 0.550. The molecule has 1 aromatic carbocycles. The Morgan fingerprint density at radius 3 is 2.73 bits per heavy atom.